The highest BCUT2D eigenvalue weighted by Crippen LogP contribution is 2.16. The van der Waals surface area contributed by atoms with Crippen molar-refractivity contribution in [3.8, 4) is 12.1 Å². The number of carbonyl (C=O) groups is 1. The SMILES string of the molecule is Cc1ccc(C)c(NCC(=O)N(CCC#N)CCC#N)c1. The normalized spacial score (nSPS) is 9.52. The van der Waals surface area contributed by atoms with Gasteiger partial charge >= 0.3 is 0 Å². The summed E-state index contributed by atoms with van der Waals surface area (Å²) in [5.74, 6) is -0.0959. The van der Waals surface area contributed by atoms with Gasteiger partial charge < -0.3 is 10.2 Å². The van der Waals surface area contributed by atoms with E-state index < -0.39 is 0 Å². The lowest BCUT2D eigenvalue weighted by Crippen LogP contribution is -2.37. The second-order valence-corrected chi connectivity index (χ2v) is 4.87. The van der Waals surface area contributed by atoms with Crippen molar-refractivity contribution in [2.24, 2.45) is 0 Å². The molecule has 0 saturated heterocycles. The molecule has 0 saturated carbocycles. The zero-order valence-electron chi connectivity index (χ0n) is 12.5. The third kappa shape index (κ3) is 5.54. The third-order valence-electron chi connectivity index (χ3n) is 3.16. The van der Waals surface area contributed by atoms with Crippen LogP contribution in [0.15, 0.2) is 18.2 Å². The van der Waals surface area contributed by atoms with E-state index in [1.54, 1.807) is 4.90 Å². The summed E-state index contributed by atoms with van der Waals surface area (Å²) in [5.41, 5.74) is 3.14. The maximum atomic E-state index is 12.2. The summed E-state index contributed by atoms with van der Waals surface area (Å²) in [4.78, 5) is 13.7. The number of nitrogens with one attached hydrogen (secondary N) is 1. The van der Waals surface area contributed by atoms with Crippen LogP contribution in [-0.4, -0.2) is 30.4 Å². The maximum absolute atomic E-state index is 12.2. The summed E-state index contributed by atoms with van der Waals surface area (Å²) in [7, 11) is 0. The van der Waals surface area contributed by atoms with Crippen LogP contribution in [-0.2, 0) is 4.79 Å². The molecule has 0 radical (unpaired) electrons. The molecule has 0 spiro atoms. The van der Waals surface area contributed by atoms with Gasteiger partial charge in [0.25, 0.3) is 0 Å². The lowest BCUT2D eigenvalue weighted by Gasteiger charge is -2.21. The summed E-state index contributed by atoms with van der Waals surface area (Å²) in [6, 6.07) is 10.1. The Labute approximate surface area is 125 Å². The molecule has 1 aromatic carbocycles. The largest absolute Gasteiger partial charge is 0.376 e. The summed E-state index contributed by atoms with van der Waals surface area (Å²) in [6.07, 6.45) is 0.557. The van der Waals surface area contributed by atoms with Gasteiger partial charge in [-0.3, -0.25) is 4.79 Å². The van der Waals surface area contributed by atoms with E-state index in [1.807, 2.05) is 44.2 Å². The molecule has 0 aliphatic carbocycles. The molecule has 0 bridgehead atoms. The molecule has 0 aliphatic rings. The Morgan fingerprint density at radius 2 is 1.81 bits per heavy atom. The minimum atomic E-state index is -0.0959. The van der Waals surface area contributed by atoms with Crippen molar-refractivity contribution in [1.82, 2.24) is 4.90 Å². The van der Waals surface area contributed by atoms with Crippen LogP contribution in [0.1, 0.15) is 24.0 Å². The predicted octanol–water partition coefficient (Wildman–Crippen LogP) is 2.37. The Bertz CT molecular complexity index is 551. The van der Waals surface area contributed by atoms with Crippen molar-refractivity contribution in [3.63, 3.8) is 0 Å². The van der Waals surface area contributed by atoms with Crippen LogP contribution in [0, 0.1) is 36.5 Å². The Balaban J connectivity index is 2.62. The molecule has 5 nitrogen and oxygen atoms in total. The molecule has 0 aliphatic heterocycles. The van der Waals surface area contributed by atoms with E-state index in [0.29, 0.717) is 13.1 Å². The van der Waals surface area contributed by atoms with Crippen LogP contribution in [0.25, 0.3) is 0 Å². The average Bonchev–Trinajstić information content (AvgIpc) is 2.48. The fourth-order valence-corrected chi connectivity index (χ4v) is 1.94. The molecule has 0 unspecified atom stereocenters. The van der Waals surface area contributed by atoms with E-state index >= 15 is 0 Å². The molecule has 1 N–H and O–H groups in total. The minimum Gasteiger partial charge on any atom is -0.376 e. The van der Waals surface area contributed by atoms with Crippen LogP contribution < -0.4 is 5.32 Å². The van der Waals surface area contributed by atoms with Crippen LogP contribution in [0.3, 0.4) is 0 Å². The molecule has 1 rings (SSSR count). The molecule has 110 valence electrons. The fourth-order valence-electron chi connectivity index (χ4n) is 1.94. The Morgan fingerprint density at radius 1 is 1.19 bits per heavy atom. The molecule has 5 heteroatoms. The molecule has 21 heavy (non-hydrogen) atoms. The van der Waals surface area contributed by atoms with Gasteiger partial charge in [0.2, 0.25) is 5.91 Å². The third-order valence-corrected chi connectivity index (χ3v) is 3.16. The van der Waals surface area contributed by atoms with Crippen LogP contribution in [0.4, 0.5) is 5.69 Å². The van der Waals surface area contributed by atoms with Gasteiger partial charge in [-0.2, -0.15) is 10.5 Å². The van der Waals surface area contributed by atoms with Crippen molar-refractivity contribution in [3.05, 3.63) is 29.3 Å². The smallest absolute Gasteiger partial charge is 0.241 e. The Kier molecular flexibility index (Phi) is 6.77. The quantitative estimate of drug-likeness (QED) is 0.833. The predicted molar refractivity (Wildman–Crippen MR) is 81.4 cm³/mol. The number of hydrogen-bond acceptors (Lipinski definition) is 4. The van der Waals surface area contributed by atoms with Crippen molar-refractivity contribution >= 4 is 11.6 Å². The van der Waals surface area contributed by atoms with E-state index in [0.717, 1.165) is 16.8 Å². The number of carbonyl (C=O) groups excluding carboxylic acids is 1. The first-order valence-electron chi connectivity index (χ1n) is 6.91. The van der Waals surface area contributed by atoms with Crippen molar-refractivity contribution < 1.29 is 4.79 Å². The first kappa shape index (κ1) is 16.5. The molecule has 0 fully saturated rings. The lowest BCUT2D eigenvalue weighted by atomic mass is 10.1. The number of nitriles is 2. The number of benzene rings is 1. The monoisotopic (exact) mass is 284 g/mol. The van der Waals surface area contributed by atoms with E-state index in [1.165, 1.54) is 0 Å². The molecule has 0 heterocycles. The number of hydrogen-bond donors (Lipinski definition) is 1. The first-order valence-corrected chi connectivity index (χ1v) is 6.91. The Morgan fingerprint density at radius 3 is 2.38 bits per heavy atom. The highest BCUT2D eigenvalue weighted by molar-refractivity contribution is 5.81. The lowest BCUT2D eigenvalue weighted by molar-refractivity contribution is -0.129. The van der Waals surface area contributed by atoms with E-state index in [9.17, 15) is 4.79 Å². The maximum Gasteiger partial charge on any atom is 0.241 e. The van der Waals surface area contributed by atoms with Crippen LogP contribution in [0.2, 0.25) is 0 Å². The topological polar surface area (TPSA) is 79.9 Å². The second-order valence-electron chi connectivity index (χ2n) is 4.87. The number of aryl methyl sites for hydroxylation is 2. The van der Waals surface area contributed by atoms with Crippen LogP contribution >= 0.6 is 0 Å². The summed E-state index contributed by atoms with van der Waals surface area (Å²) >= 11 is 0. The number of nitrogens with zero attached hydrogens (tertiary/aromatic N) is 3. The molecule has 1 aromatic rings. The molecular formula is C16H20N4O. The van der Waals surface area contributed by atoms with Gasteiger partial charge in [-0.1, -0.05) is 12.1 Å². The minimum absolute atomic E-state index is 0.0959. The van der Waals surface area contributed by atoms with Gasteiger partial charge in [0, 0.05) is 18.8 Å². The van der Waals surface area contributed by atoms with Crippen LogP contribution in [0.5, 0.6) is 0 Å². The highest BCUT2D eigenvalue weighted by atomic mass is 16.2. The molecule has 0 atom stereocenters. The summed E-state index contributed by atoms with van der Waals surface area (Å²) in [5, 5.41) is 20.4. The van der Waals surface area contributed by atoms with E-state index in [-0.39, 0.29) is 25.3 Å². The van der Waals surface area contributed by atoms with Gasteiger partial charge in [-0.05, 0) is 31.0 Å². The molecular weight excluding hydrogens is 264 g/mol. The van der Waals surface area contributed by atoms with E-state index in [4.69, 9.17) is 10.5 Å². The Hall–Kier alpha value is -2.53. The average molecular weight is 284 g/mol. The zero-order chi connectivity index (χ0) is 15.7. The number of anilines is 1. The molecule has 0 aromatic heterocycles. The van der Waals surface area contributed by atoms with Gasteiger partial charge in [0.15, 0.2) is 0 Å². The zero-order valence-corrected chi connectivity index (χ0v) is 12.5. The summed E-state index contributed by atoms with van der Waals surface area (Å²) < 4.78 is 0. The summed E-state index contributed by atoms with van der Waals surface area (Å²) in [6.45, 7) is 4.88. The highest BCUT2D eigenvalue weighted by Gasteiger charge is 2.13. The van der Waals surface area contributed by atoms with Gasteiger partial charge in [-0.25, -0.2) is 0 Å². The fraction of sp³-hybridized carbons (Fsp3) is 0.438. The van der Waals surface area contributed by atoms with Gasteiger partial charge in [0.1, 0.15) is 0 Å². The van der Waals surface area contributed by atoms with Crippen molar-refractivity contribution in [1.29, 1.82) is 10.5 Å². The molecule has 1 amide bonds. The number of rotatable bonds is 7. The van der Waals surface area contributed by atoms with Crippen molar-refractivity contribution in [2.45, 2.75) is 26.7 Å². The van der Waals surface area contributed by atoms with Gasteiger partial charge in [-0.15, -0.1) is 0 Å². The van der Waals surface area contributed by atoms with Gasteiger partial charge in [0.05, 0.1) is 31.5 Å². The first-order chi connectivity index (χ1) is 10.1. The van der Waals surface area contributed by atoms with Crippen molar-refractivity contribution in [2.75, 3.05) is 25.0 Å². The second kappa shape index (κ2) is 8.60. The van der Waals surface area contributed by atoms with E-state index in [2.05, 4.69) is 5.32 Å². The standard InChI is InChI=1S/C16H20N4O/c1-13-5-6-14(2)15(11-13)19-12-16(21)20(9-3-7-17)10-4-8-18/h5-6,11,19H,3-4,9-10,12H2,1-2H3. The number of amides is 1.